The molecule has 3 rings (SSSR count). The molecule has 2 aromatic rings. The van der Waals surface area contributed by atoms with E-state index in [1.165, 1.54) is 0 Å². The van der Waals surface area contributed by atoms with Crippen molar-refractivity contribution < 1.29 is 9.66 Å². The molecule has 8 heteroatoms. The molecule has 0 aliphatic carbocycles. The van der Waals surface area contributed by atoms with Crippen molar-refractivity contribution in [2.45, 2.75) is 0 Å². The fraction of sp³-hybridized carbons (Fsp3) is 0.400. The minimum absolute atomic E-state index is 0.0948. The van der Waals surface area contributed by atoms with Crippen LogP contribution in [0.15, 0.2) is 24.3 Å². The van der Waals surface area contributed by atoms with E-state index in [0.717, 1.165) is 32.8 Å². The van der Waals surface area contributed by atoms with E-state index < -0.39 is 4.92 Å². The van der Waals surface area contributed by atoms with Gasteiger partial charge in [0.2, 0.25) is 5.15 Å². The molecule has 1 N–H and O–H groups in total. The molecule has 0 unspecified atom stereocenters. The van der Waals surface area contributed by atoms with Crippen molar-refractivity contribution in [3.8, 4) is 0 Å². The van der Waals surface area contributed by atoms with Crippen molar-refractivity contribution >= 4 is 33.9 Å². The molecule has 0 bridgehead atoms. The molecular formula is C15H17ClN4O3. The first-order chi connectivity index (χ1) is 11.2. The lowest BCUT2D eigenvalue weighted by atomic mass is 10.1. The maximum atomic E-state index is 11.4. The summed E-state index contributed by atoms with van der Waals surface area (Å²) in [5, 5.41) is 15.1. The second kappa shape index (κ2) is 7.08. The van der Waals surface area contributed by atoms with E-state index in [0.29, 0.717) is 23.1 Å². The molecule has 1 saturated heterocycles. The molecule has 0 radical (unpaired) electrons. The van der Waals surface area contributed by atoms with Crippen LogP contribution in [0.25, 0.3) is 10.9 Å². The molecule has 122 valence electrons. The third-order valence-corrected chi connectivity index (χ3v) is 4.10. The second-order valence-electron chi connectivity index (χ2n) is 5.28. The third-order valence-electron chi connectivity index (χ3n) is 3.84. The lowest BCUT2D eigenvalue weighted by Crippen LogP contribution is -2.39. The van der Waals surface area contributed by atoms with Crippen molar-refractivity contribution in [1.29, 1.82) is 0 Å². The number of hydrogen-bond donors (Lipinski definition) is 1. The smallest absolute Gasteiger partial charge is 0.329 e. The summed E-state index contributed by atoms with van der Waals surface area (Å²) in [5.74, 6) is 0. The van der Waals surface area contributed by atoms with Crippen LogP contribution in [-0.2, 0) is 4.74 Å². The number of morpholine rings is 1. The average molecular weight is 337 g/mol. The minimum Gasteiger partial charge on any atom is -0.379 e. The predicted molar refractivity (Wildman–Crippen MR) is 89.2 cm³/mol. The summed E-state index contributed by atoms with van der Waals surface area (Å²) in [7, 11) is 0. The van der Waals surface area contributed by atoms with Crippen LogP contribution in [0.4, 0.5) is 11.4 Å². The number of hydrogen-bond acceptors (Lipinski definition) is 6. The molecule has 1 aromatic heterocycles. The first kappa shape index (κ1) is 15.9. The van der Waals surface area contributed by atoms with E-state index in [4.69, 9.17) is 16.3 Å². The van der Waals surface area contributed by atoms with Gasteiger partial charge in [0.25, 0.3) is 0 Å². The highest BCUT2D eigenvalue weighted by atomic mass is 35.5. The van der Waals surface area contributed by atoms with E-state index in [2.05, 4.69) is 15.2 Å². The molecule has 0 atom stereocenters. The summed E-state index contributed by atoms with van der Waals surface area (Å²) < 4.78 is 5.31. The number of anilines is 1. The Morgan fingerprint density at radius 3 is 2.83 bits per heavy atom. The van der Waals surface area contributed by atoms with Crippen LogP contribution in [-0.4, -0.2) is 54.2 Å². The summed E-state index contributed by atoms with van der Waals surface area (Å²) in [6.45, 7) is 4.58. The lowest BCUT2D eigenvalue weighted by Gasteiger charge is -2.26. The molecule has 2 heterocycles. The van der Waals surface area contributed by atoms with Gasteiger partial charge in [-0.3, -0.25) is 15.0 Å². The highest BCUT2D eigenvalue weighted by Crippen LogP contribution is 2.37. The van der Waals surface area contributed by atoms with E-state index in [1.54, 1.807) is 6.07 Å². The Morgan fingerprint density at radius 1 is 1.35 bits per heavy atom. The van der Waals surface area contributed by atoms with Gasteiger partial charge in [-0.25, -0.2) is 4.98 Å². The first-order valence-electron chi connectivity index (χ1n) is 7.43. The second-order valence-corrected chi connectivity index (χ2v) is 5.64. The number of para-hydroxylation sites is 1. The van der Waals surface area contributed by atoms with E-state index >= 15 is 0 Å². The van der Waals surface area contributed by atoms with Crippen molar-refractivity contribution in [1.82, 2.24) is 9.88 Å². The minimum atomic E-state index is -0.487. The molecule has 1 aliphatic heterocycles. The van der Waals surface area contributed by atoms with Crippen molar-refractivity contribution in [3.05, 3.63) is 39.5 Å². The predicted octanol–water partition coefficient (Wildman–Crippen LogP) is 2.54. The van der Waals surface area contributed by atoms with E-state index in [9.17, 15) is 10.1 Å². The Morgan fingerprint density at radius 2 is 2.09 bits per heavy atom. The number of nitro groups is 1. The zero-order chi connectivity index (χ0) is 16.2. The van der Waals surface area contributed by atoms with Crippen LogP contribution in [0.3, 0.4) is 0 Å². The fourth-order valence-electron chi connectivity index (χ4n) is 2.68. The largest absolute Gasteiger partial charge is 0.379 e. The Kier molecular flexibility index (Phi) is 4.90. The van der Waals surface area contributed by atoms with Crippen molar-refractivity contribution in [2.75, 3.05) is 44.7 Å². The summed E-state index contributed by atoms with van der Waals surface area (Å²) in [5.41, 5.74) is 0.892. The van der Waals surface area contributed by atoms with Crippen LogP contribution in [0.2, 0.25) is 5.15 Å². The molecule has 1 aromatic carbocycles. The van der Waals surface area contributed by atoms with Gasteiger partial charge >= 0.3 is 5.69 Å². The van der Waals surface area contributed by atoms with E-state index in [1.807, 2.05) is 18.2 Å². The summed E-state index contributed by atoms with van der Waals surface area (Å²) in [6, 6.07) is 7.25. The van der Waals surface area contributed by atoms with Gasteiger partial charge in [-0.1, -0.05) is 29.8 Å². The van der Waals surface area contributed by atoms with Crippen LogP contribution < -0.4 is 5.32 Å². The van der Waals surface area contributed by atoms with Crippen LogP contribution >= 0.6 is 11.6 Å². The van der Waals surface area contributed by atoms with Gasteiger partial charge in [-0.2, -0.15) is 0 Å². The van der Waals surface area contributed by atoms with Gasteiger partial charge in [-0.05, 0) is 6.07 Å². The average Bonchev–Trinajstić information content (AvgIpc) is 2.55. The van der Waals surface area contributed by atoms with Gasteiger partial charge in [0.05, 0.1) is 23.7 Å². The Bertz CT molecular complexity index is 719. The number of halogens is 1. The molecule has 0 amide bonds. The molecule has 7 nitrogen and oxygen atoms in total. The molecule has 1 aliphatic rings. The van der Waals surface area contributed by atoms with Crippen LogP contribution in [0.1, 0.15) is 0 Å². The normalized spacial score (nSPS) is 15.7. The van der Waals surface area contributed by atoms with Crippen LogP contribution in [0, 0.1) is 10.1 Å². The summed E-state index contributed by atoms with van der Waals surface area (Å²) >= 11 is 6.01. The Balaban J connectivity index is 1.85. The Labute approximate surface area is 138 Å². The number of nitrogens with one attached hydrogen (secondary N) is 1. The fourth-order valence-corrected chi connectivity index (χ4v) is 2.94. The maximum Gasteiger partial charge on any atom is 0.329 e. The standard InChI is InChI=1S/C15H17ClN4O3/c16-15-14(20(21)22)13(11-3-1-2-4-12(11)18-15)17-5-6-19-7-9-23-10-8-19/h1-4H,5-10H2,(H,17,18). The number of pyridine rings is 1. The molecule has 0 saturated carbocycles. The van der Waals surface area contributed by atoms with Crippen molar-refractivity contribution in [3.63, 3.8) is 0 Å². The number of rotatable bonds is 5. The number of fused-ring (bicyclic) bond motifs is 1. The van der Waals surface area contributed by atoms with Gasteiger partial charge in [-0.15, -0.1) is 0 Å². The topological polar surface area (TPSA) is 80.5 Å². The van der Waals surface area contributed by atoms with Gasteiger partial charge in [0.15, 0.2) is 0 Å². The lowest BCUT2D eigenvalue weighted by molar-refractivity contribution is -0.384. The van der Waals surface area contributed by atoms with Gasteiger partial charge in [0.1, 0.15) is 5.69 Å². The summed E-state index contributed by atoms with van der Waals surface area (Å²) in [4.78, 5) is 17.2. The first-order valence-corrected chi connectivity index (χ1v) is 7.81. The zero-order valence-electron chi connectivity index (χ0n) is 12.5. The zero-order valence-corrected chi connectivity index (χ0v) is 13.3. The highest BCUT2D eigenvalue weighted by molar-refractivity contribution is 6.33. The van der Waals surface area contributed by atoms with Crippen LogP contribution in [0.5, 0.6) is 0 Å². The molecule has 0 spiro atoms. The monoisotopic (exact) mass is 336 g/mol. The highest BCUT2D eigenvalue weighted by Gasteiger charge is 2.23. The number of nitrogens with zero attached hydrogens (tertiary/aromatic N) is 3. The Hall–Kier alpha value is -1.96. The molecule has 1 fully saturated rings. The molecule has 23 heavy (non-hydrogen) atoms. The quantitative estimate of drug-likeness (QED) is 0.513. The van der Waals surface area contributed by atoms with Gasteiger partial charge < -0.3 is 10.1 Å². The van der Waals surface area contributed by atoms with Crippen molar-refractivity contribution in [2.24, 2.45) is 0 Å². The number of ether oxygens (including phenoxy) is 1. The third kappa shape index (κ3) is 3.52. The summed E-state index contributed by atoms with van der Waals surface area (Å²) in [6.07, 6.45) is 0. The maximum absolute atomic E-state index is 11.4. The van der Waals surface area contributed by atoms with E-state index in [-0.39, 0.29) is 10.8 Å². The number of benzene rings is 1. The van der Waals surface area contributed by atoms with Gasteiger partial charge in [0, 0.05) is 31.6 Å². The molecular weight excluding hydrogens is 320 g/mol. The number of aromatic nitrogens is 1. The SMILES string of the molecule is O=[N+]([O-])c1c(Cl)nc2ccccc2c1NCCN1CCOCC1.